The third-order valence-corrected chi connectivity index (χ3v) is 2.18. The molecule has 0 N–H and O–H groups in total. The fraction of sp³-hybridized carbons (Fsp3) is 0.583. The SMILES string of the molecule is C=C/C(=C\N=C(C)C(C)(C)C)CC. The minimum atomic E-state index is 0.163. The van der Waals surface area contributed by atoms with Crippen LogP contribution in [0.25, 0.3) is 0 Å². The van der Waals surface area contributed by atoms with Crippen molar-refractivity contribution in [3.8, 4) is 0 Å². The first-order valence-electron chi connectivity index (χ1n) is 4.78. The van der Waals surface area contributed by atoms with Crippen molar-refractivity contribution in [2.24, 2.45) is 10.4 Å². The van der Waals surface area contributed by atoms with E-state index >= 15 is 0 Å². The molecule has 0 fully saturated rings. The van der Waals surface area contributed by atoms with Gasteiger partial charge in [-0.3, -0.25) is 4.99 Å². The molecule has 0 aliphatic rings. The lowest BCUT2D eigenvalue weighted by Gasteiger charge is -2.17. The third kappa shape index (κ3) is 4.66. The molecule has 0 saturated carbocycles. The summed E-state index contributed by atoms with van der Waals surface area (Å²) in [6.45, 7) is 14.4. The smallest absolute Gasteiger partial charge is 0.0299 e. The Labute approximate surface area is 82.3 Å². The molecule has 0 aromatic heterocycles. The van der Waals surface area contributed by atoms with E-state index in [1.54, 1.807) is 0 Å². The molecular formula is C12H21N. The number of rotatable bonds is 3. The molecule has 0 atom stereocenters. The van der Waals surface area contributed by atoms with Crippen molar-refractivity contribution in [2.45, 2.75) is 41.0 Å². The monoisotopic (exact) mass is 179 g/mol. The number of aliphatic imine (C=N–C) groups is 1. The van der Waals surface area contributed by atoms with E-state index < -0.39 is 0 Å². The van der Waals surface area contributed by atoms with Gasteiger partial charge in [0.15, 0.2) is 0 Å². The predicted octanol–water partition coefficient (Wildman–Crippen LogP) is 3.97. The lowest BCUT2D eigenvalue weighted by molar-refractivity contribution is 0.588. The van der Waals surface area contributed by atoms with E-state index in [-0.39, 0.29) is 5.41 Å². The zero-order chi connectivity index (χ0) is 10.5. The van der Waals surface area contributed by atoms with Gasteiger partial charge in [-0.05, 0) is 24.3 Å². The normalized spacial score (nSPS) is 14.5. The van der Waals surface area contributed by atoms with E-state index in [9.17, 15) is 0 Å². The Morgan fingerprint density at radius 1 is 1.38 bits per heavy atom. The van der Waals surface area contributed by atoms with Gasteiger partial charge in [-0.1, -0.05) is 40.3 Å². The topological polar surface area (TPSA) is 12.4 Å². The summed E-state index contributed by atoms with van der Waals surface area (Å²) in [7, 11) is 0. The van der Waals surface area contributed by atoms with Crippen molar-refractivity contribution in [3.05, 3.63) is 24.4 Å². The van der Waals surface area contributed by atoms with Gasteiger partial charge in [0.1, 0.15) is 0 Å². The molecule has 0 aliphatic carbocycles. The van der Waals surface area contributed by atoms with Gasteiger partial charge in [-0.2, -0.15) is 0 Å². The van der Waals surface area contributed by atoms with Crippen LogP contribution < -0.4 is 0 Å². The minimum absolute atomic E-state index is 0.163. The van der Waals surface area contributed by atoms with Crippen molar-refractivity contribution in [1.82, 2.24) is 0 Å². The molecule has 0 aromatic carbocycles. The van der Waals surface area contributed by atoms with Gasteiger partial charge in [0, 0.05) is 11.9 Å². The Hall–Kier alpha value is -0.850. The van der Waals surface area contributed by atoms with E-state index in [0.29, 0.717) is 0 Å². The zero-order valence-electron chi connectivity index (χ0n) is 9.52. The highest BCUT2D eigenvalue weighted by molar-refractivity contribution is 5.87. The van der Waals surface area contributed by atoms with Crippen LogP contribution in [-0.2, 0) is 0 Å². The van der Waals surface area contributed by atoms with Crippen LogP contribution in [0.1, 0.15) is 41.0 Å². The van der Waals surface area contributed by atoms with Gasteiger partial charge in [-0.25, -0.2) is 0 Å². The molecule has 0 radical (unpaired) electrons. The second-order valence-corrected chi connectivity index (χ2v) is 4.23. The Morgan fingerprint density at radius 2 is 1.92 bits per heavy atom. The molecule has 0 saturated heterocycles. The van der Waals surface area contributed by atoms with Gasteiger partial charge < -0.3 is 0 Å². The molecular weight excluding hydrogens is 158 g/mol. The lowest BCUT2D eigenvalue weighted by Crippen LogP contribution is -2.16. The summed E-state index contributed by atoms with van der Waals surface area (Å²) in [5, 5.41) is 0. The van der Waals surface area contributed by atoms with Crippen molar-refractivity contribution in [3.63, 3.8) is 0 Å². The van der Waals surface area contributed by atoms with Crippen LogP contribution in [0.4, 0.5) is 0 Å². The maximum absolute atomic E-state index is 4.42. The fourth-order valence-corrected chi connectivity index (χ4v) is 0.662. The van der Waals surface area contributed by atoms with Crippen molar-refractivity contribution in [1.29, 1.82) is 0 Å². The van der Waals surface area contributed by atoms with Gasteiger partial charge in [0.2, 0.25) is 0 Å². The highest BCUT2D eigenvalue weighted by Gasteiger charge is 2.12. The fourth-order valence-electron chi connectivity index (χ4n) is 0.662. The first-order chi connectivity index (χ1) is 5.91. The van der Waals surface area contributed by atoms with E-state index in [4.69, 9.17) is 0 Å². The Balaban J connectivity index is 4.58. The zero-order valence-corrected chi connectivity index (χ0v) is 9.52. The molecule has 1 heteroatoms. The molecule has 0 rings (SSSR count). The quantitative estimate of drug-likeness (QED) is 0.459. The molecule has 0 amide bonds. The van der Waals surface area contributed by atoms with Crippen LogP contribution in [-0.4, -0.2) is 5.71 Å². The molecule has 0 heterocycles. The molecule has 0 aliphatic heterocycles. The summed E-state index contributed by atoms with van der Waals surface area (Å²) in [6, 6.07) is 0. The van der Waals surface area contributed by atoms with Crippen molar-refractivity contribution in [2.75, 3.05) is 0 Å². The number of hydrogen-bond acceptors (Lipinski definition) is 1. The van der Waals surface area contributed by atoms with E-state index in [2.05, 4.69) is 46.2 Å². The molecule has 13 heavy (non-hydrogen) atoms. The minimum Gasteiger partial charge on any atom is -0.265 e. The summed E-state index contributed by atoms with van der Waals surface area (Å²) in [5.41, 5.74) is 2.50. The van der Waals surface area contributed by atoms with E-state index in [1.807, 2.05) is 12.3 Å². The predicted molar refractivity (Wildman–Crippen MR) is 61.1 cm³/mol. The average Bonchev–Trinajstić information content (AvgIpc) is 2.04. The molecule has 0 bridgehead atoms. The second-order valence-electron chi connectivity index (χ2n) is 4.23. The summed E-state index contributed by atoms with van der Waals surface area (Å²) in [5.74, 6) is 0. The van der Waals surface area contributed by atoms with Gasteiger partial charge in [0.25, 0.3) is 0 Å². The summed E-state index contributed by atoms with van der Waals surface area (Å²) in [6.07, 6.45) is 4.76. The van der Waals surface area contributed by atoms with Gasteiger partial charge in [0.05, 0.1) is 0 Å². The Bertz CT molecular complexity index is 226. The molecule has 0 aromatic rings. The maximum atomic E-state index is 4.42. The molecule has 0 spiro atoms. The van der Waals surface area contributed by atoms with Crippen LogP contribution >= 0.6 is 0 Å². The summed E-state index contributed by atoms with van der Waals surface area (Å²) >= 11 is 0. The summed E-state index contributed by atoms with van der Waals surface area (Å²) < 4.78 is 0. The van der Waals surface area contributed by atoms with Crippen molar-refractivity contribution < 1.29 is 0 Å². The van der Waals surface area contributed by atoms with Crippen LogP contribution in [0, 0.1) is 5.41 Å². The third-order valence-electron chi connectivity index (χ3n) is 2.18. The van der Waals surface area contributed by atoms with Crippen LogP contribution in [0.2, 0.25) is 0 Å². The molecule has 74 valence electrons. The van der Waals surface area contributed by atoms with Crippen LogP contribution in [0.3, 0.4) is 0 Å². The number of hydrogen-bond donors (Lipinski definition) is 0. The second kappa shape index (κ2) is 5.00. The van der Waals surface area contributed by atoms with E-state index in [0.717, 1.165) is 12.1 Å². The first-order valence-corrected chi connectivity index (χ1v) is 4.78. The molecule has 0 unspecified atom stereocenters. The highest BCUT2D eigenvalue weighted by Crippen LogP contribution is 2.16. The lowest BCUT2D eigenvalue weighted by atomic mass is 9.91. The largest absolute Gasteiger partial charge is 0.265 e. The van der Waals surface area contributed by atoms with Gasteiger partial charge >= 0.3 is 0 Å². The Morgan fingerprint density at radius 3 is 2.23 bits per heavy atom. The molecule has 1 nitrogen and oxygen atoms in total. The van der Waals surface area contributed by atoms with Crippen LogP contribution in [0.15, 0.2) is 29.4 Å². The van der Waals surface area contributed by atoms with Gasteiger partial charge in [-0.15, -0.1) is 0 Å². The highest BCUT2D eigenvalue weighted by atomic mass is 14.7. The average molecular weight is 179 g/mol. The van der Waals surface area contributed by atoms with E-state index in [1.165, 1.54) is 5.57 Å². The number of nitrogens with zero attached hydrogens (tertiary/aromatic N) is 1. The first kappa shape index (κ1) is 12.2. The van der Waals surface area contributed by atoms with Crippen molar-refractivity contribution >= 4 is 5.71 Å². The standard InChI is InChI=1S/C12H21N/c1-7-11(8-2)9-13-10(3)12(4,5)6/h7,9H,1,8H2,2-6H3/b11-9+,13-10?. The maximum Gasteiger partial charge on any atom is 0.0299 e. The Kier molecular flexibility index (Phi) is 4.68. The van der Waals surface area contributed by atoms with Crippen LogP contribution in [0.5, 0.6) is 0 Å². The number of allylic oxidation sites excluding steroid dienone is 2. The summed E-state index contributed by atoms with van der Waals surface area (Å²) in [4.78, 5) is 4.42.